The van der Waals surface area contributed by atoms with E-state index in [0.29, 0.717) is 12.2 Å². The largest absolute Gasteiger partial charge is 0.348 e. The molecule has 0 fully saturated rings. The fourth-order valence-electron chi connectivity index (χ4n) is 2.99. The second-order valence-electron chi connectivity index (χ2n) is 5.23. The van der Waals surface area contributed by atoms with Gasteiger partial charge < -0.3 is 9.47 Å². The molecule has 1 aliphatic heterocycles. The molecular formula is C16H14N4OS. The van der Waals surface area contributed by atoms with Gasteiger partial charge in [-0.2, -0.15) is 0 Å². The second-order valence-corrected chi connectivity index (χ2v) is 5.84. The van der Waals surface area contributed by atoms with Crippen molar-refractivity contribution in [3.8, 4) is 0 Å². The number of fused-ring (bicyclic) bond motifs is 1. The smallest absolute Gasteiger partial charge is 0.276 e. The van der Waals surface area contributed by atoms with Crippen LogP contribution in [0, 0.1) is 0 Å². The third kappa shape index (κ3) is 2.12. The van der Waals surface area contributed by atoms with Gasteiger partial charge in [0.05, 0.1) is 6.04 Å². The maximum atomic E-state index is 12.8. The van der Waals surface area contributed by atoms with E-state index in [2.05, 4.69) is 38.5 Å². The van der Waals surface area contributed by atoms with Gasteiger partial charge in [0, 0.05) is 30.4 Å². The molecule has 22 heavy (non-hydrogen) atoms. The maximum absolute atomic E-state index is 12.8. The van der Waals surface area contributed by atoms with Gasteiger partial charge in [-0.3, -0.25) is 4.79 Å². The van der Waals surface area contributed by atoms with E-state index < -0.39 is 0 Å². The van der Waals surface area contributed by atoms with Gasteiger partial charge in [0.25, 0.3) is 5.91 Å². The lowest BCUT2D eigenvalue weighted by atomic mass is 9.99. The van der Waals surface area contributed by atoms with Gasteiger partial charge in [-0.25, -0.2) is 0 Å². The Kier molecular flexibility index (Phi) is 3.23. The molecule has 0 saturated heterocycles. The first-order valence-electron chi connectivity index (χ1n) is 7.12. The van der Waals surface area contributed by atoms with E-state index in [9.17, 15) is 4.79 Å². The molecule has 4 rings (SSSR count). The third-order valence-electron chi connectivity index (χ3n) is 3.99. The zero-order valence-electron chi connectivity index (χ0n) is 11.8. The molecule has 3 heterocycles. The van der Waals surface area contributed by atoms with Crippen LogP contribution in [0.2, 0.25) is 0 Å². The number of hydrogen-bond donors (Lipinski definition) is 0. The highest BCUT2D eigenvalue weighted by Gasteiger charge is 2.33. The van der Waals surface area contributed by atoms with E-state index >= 15 is 0 Å². The average Bonchev–Trinajstić information content (AvgIpc) is 3.25. The first-order valence-corrected chi connectivity index (χ1v) is 7.96. The Labute approximate surface area is 132 Å². The molecule has 1 aliphatic rings. The highest BCUT2D eigenvalue weighted by atomic mass is 32.1. The van der Waals surface area contributed by atoms with Gasteiger partial charge >= 0.3 is 0 Å². The molecule has 1 amide bonds. The van der Waals surface area contributed by atoms with Crippen LogP contribution >= 0.6 is 11.5 Å². The van der Waals surface area contributed by atoms with Gasteiger partial charge in [-0.05, 0) is 29.2 Å². The van der Waals surface area contributed by atoms with E-state index in [0.717, 1.165) is 17.8 Å². The summed E-state index contributed by atoms with van der Waals surface area (Å²) < 4.78 is 6.02. The number of rotatable bonds is 2. The van der Waals surface area contributed by atoms with Gasteiger partial charge in [0.15, 0.2) is 5.69 Å². The molecule has 0 spiro atoms. The van der Waals surface area contributed by atoms with Crippen LogP contribution in [0.1, 0.15) is 27.8 Å². The Balaban J connectivity index is 1.79. The van der Waals surface area contributed by atoms with Crippen molar-refractivity contribution in [3.05, 3.63) is 71.0 Å². The molecule has 0 saturated carbocycles. The molecule has 0 bridgehead atoms. The van der Waals surface area contributed by atoms with Gasteiger partial charge in [0.2, 0.25) is 0 Å². The topological polar surface area (TPSA) is 51.0 Å². The van der Waals surface area contributed by atoms with E-state index in [4.69, 9.17) is 0 Å². The van der Waals surface area contributed by atoms with Crippen LogP contribution in [-0.4, -0.2) is 31.5 Å². The fourth-order valence-corrected chi connectivity index (χ4v) is 3.42. The number of amides is 1. The predicted octanol–water partition coefficient (Wildman–Crippen LogP) is 2.59. The van der Waals surface area contributed by atoms with Gasteiger partial charge in [0.1, 0.15) is 0 Å². The Hall–Kier alpha value is -2.47. The standard InChI is InChI=1S/C16H14N4OS/c21-16(13-11-22-18-17-13)20-10-9-19-8-4-7-14(19)15(20)12-5-2-1-3-6-12/h1-8,11,15H,9-10H2/t15-/m0/s1. The summed E-state index contributed by atoms with van der Waals surface area (Å²) in [6.07, 6.45) is 2.07. The van der Waals surface area contributed by atoms with Crippen LogP contribution in [-0.2, 0) is 6.54 Å². The first-order chi connectivity index (χ1) is 10.8. The SMILES string of the molecule is O=C(c1csnn1)N1CCn2cccc2[C@@H]1c1ccccc1. The molecule has 5 nitrogen and oxygen atoms in total. The maximum Gasteiger partial charge on any atom is 0.276 e. The van der Waals surface area contributed by atoms with Crippen LogP contribution in [0.25, 0.3) is 0 Å². The van der Waals surface area contributed by atoms with Crippen LogP contribution in [0.4, 0.5) is 0 Å². The van der Waals surface area contributed by atoms with Crippen LogP contribution < -0.4 is 0 Å². The quantitative estimate of drug-likeness (QED) is 0.731. The summed E-state index contributed by atoms with van der Waals surface area (Å²) in [5.41, 5.74) is 2.67. The lowest BCUT2D eigenvalue weighted by Gasteiger charge is -2.37. The fraction of sp³-hybridized carbons (Fsp3) is 0.188. The summed E-state index contributed by atoms with van der Waals surface area (Å²) in [5, 5.41) is 5.64. The van der Waals surface area contributed by atoms with Crippen molar-refractivity contribution >= 4 is 17.4 Å². The first kappa shape index (κ1) is 13.2. The minimum atomic E-state index is -0.0841. The van der Waals surface area contributed by atoms with Crippen molar-refractivity contribution in [1.82, 2.24) is 19.1 Å². The van der Waals surface area contributed by atoms with Gasteiger partial charge in [-0.15, -0.1) is 5.10 Å². The van der Waals surface area contributed by atoms with Crippen molar-refractivity contribution < 1.29 is 4.79 Å². The highest BCUT2D eigenvalue weighted by Crippen LogP contribution is 2.33. The molecular weight excluding hydrogens is 296 g/mol. The number of nitrogens with zero attached hydrogens (tertiary/aromatic N) is 4. The van der Waals surface area contributed by atoms with Crippen molar-refractivity contribution in [3.63, 3.8) is 0 Å². The Morgan fingerprint density at radius 2 is 2.00 bits per heavy atom. The summed E-state index contributed by atoms with van der Waals surface area (Å²) in [5.74, 6) is -0.0601. The van der Waals surface area contributed by atoms with Gasteiger partial charge in [-0.1, -0.05) is 34.8 Å². The van der Waals surface area contributed by atoms with Crippen molar-refractivity contribution in [2.24, 2.45) is 0 Å². The molecule has 0 radical (unpaired) electrons. The molecule has 2 aromatic heterocycles. The van der Waals surface area contributed by atoms with Crippen molar-refractivity contribution in [1.29, 1.82) is 0 Å². The van der Waals surface area contributed by atoms with E-state index in [1.165, 1.54) is 11.5 Å². The molecule has 1 atom stereocenters. The van der Waals surface area contributed by atoms with Crippen LogP contribution in [0.5, 0.6) is 0 Å². The van der Waals surface area contributed by atoms with E-state index in [1.54, 1.807) is 5.38 Å². The molecule has 0 aliphatic carbocycles. The van der Waals surface area contributed by atoms with E-state index in [1.807, 2.05) is 29.2 Å². The summed E-state index contributed by atoms with van der Waals surface area (Å²) in [4.78, 5) is 14.7. The molecule has 6 heteroatoms. The Morgan fingerprint density at radius 1 is 1.14 bits per heavy atom. The number of aromatic nitrogens is 3. The molecule has 110 valence electrons. The zero-order chi connectivity index (χ0) is 14.9. The van der Waals surface area contributed by atoms with Crippen LogP contribution in [0.3, 0.4) is 0 Å². The molecule has 0 unspecified atom stereocenters. The number of benzene rings is 1. The third-order valence-corrected chi connectivity index (χ3v) is 4.50. The minimum Gasteiger partial charge on any atom is -0.348 e. The van der Waals surface area contributed by atoms with Crippen LogP contribution in [0.15, 0.2) is 54.0 Å². The summed E-state index contributed by atoms with van der Waals surface area (Å²) in [7, 11) is 0. The average molecular weight is 310 g/mol. The lowest BCUT2D eigenvalue weighted by molar-refractivity contribution is 0.0658. The summed E-state index contributed by atoms with van der Waals surface area (Å²) >= 11 is 1.20. The molecule has 0 N–H and O–H groups in total. The number of carbonyl (C=O) groups excluding carboxylic acids is 1. The molecule has 1 aromatic carbocycles. The lowest BCUT2D eigenvalue weighted by Crippen LogP contribution is -2.42. The highest BCUT2D eigenvalue weighted by molar-refractivity contribution is 7.03. The minimum absolute atomic E-state index is 0.0601. The van der Waals surface area contributed by atoms with Crippen molar-refractivity contribution in [2.45, 2.75) is 12.6 Å². The number of carbonyl (C=O) groups is 1. The zero-order valence-corrected chi connectivity index (χ0v) is 12.6. The van der Waals surface area contributed by atoms with Crippen molar-refractivity contribution in [2.75, 3.05) is 6.54 Å². The normalized spacial score (nSPS) is 17.3. The summed E-state index contributed by atoms with van der Waals surface area (Å²) in [6.45, 7) is 1.46. The second kappa shape index (κ2) is 5.38. The predicted molar refractivity (Wildman–Crippen MR) is 83.7 cm³/mol. The Bertz CT molecular complexity index is 782. The molecule has 3 aromatic rings. The summed E-state index contributed by atoms with van der Waals surface area (Å²) in [6, 6.07) is 14.1. The number of hydrogen-bond acceptors (Lipinski definition) is 4. The monoisotopic (exact) mass is 310 g/mol. The van der Waals surface area contributed by atoms with E-state index in [-0.39, 0.29) is 11.9 Å². The Morgan fingerprint density at radius 3 is 2.77 bits per heavy atom.